The fraction of sp³-hybridized carbons (Fsp3) is 0.467. The molecule has 0 aliphatic carbocycles. The van der Waals surface area contributed by atoms with Crippen molar-refractivity contribution in [3.63, 3.8) is 0 Å². The van der Waals surface area contributed by atoms with Gasteiger partial charge in [0.15, 0.2) is 0 Å². The predicted molar refractivity (Wildman–Crippen MR) is 80.5 cm³/mol. The Balaban J connectivity index is 1.95. The minimum absolute atomic E-state index is 0.160. The van der Waals surface area contributed by atoms with E-state index in [0.717, 1.165) is 4.90 Å². The molecule has 1 N–H and O–H groups in total. The number of carboxylic acid groups (broad SMARTS) is 1. The number of carbonyl (C=O) groups is 2. The summed E-state index contributed by atoms with van der Waals surface area (Å²) < 4.78 is 5.18. The Morgan fingerprint density at radius 1 is 1.38 bits per heavy atom. The van der Waals surface area contributed by atoms with E-state index >= 15 is 0 Å². The third kappa shape index (κ3) is 3.98. The van der Waals surface area contributed by atoms with Crippen molar-refractivity contribution in [3.8, 4) is 0 Å². The van der Waals surface area contributed by atoms with Gasteiger partial charge in [0.05, 0.1) is 11.9 Å². The van der Waals surface area contributed by atoms with Gasteiger partial charge in [0, 0.05) is 25.0 Å². The highest BCUT2D eigenvalue weighted by Crippen LogP contribution is 2.24. The maximum absolute atomic E-state index is 12.2. The maximum atomic E-state index is 12.2. The number of carbonyl (C=O) groups excluding carboxylic acids is 1. The molecule has 1 aromatic carbocycles. The number of thioether (sulfide) groups is 1. The molecular weight excluding hydrogens is 290 g/mol. The van der Waals surface area contributed by atoms with Crippen molar-refractivity contribution in [2.75, 3.05) is 19.4 Å². The third-order valence-corrected chi connectivity index (χ3v) is 4.58. The van der Waals surface area contributed by atoms with E-state index in [2.05, 4.69) is 0 Å². The van der Waals surface area contributed by atoms with E-state index in [-0.39, 0.29) is 17.8 Å². The molecule has 2 rings (SSSR count). The second-order valence-electron chi connectivity index (χ2n) is 5.10. The van der Waals surface area contributed by atoms with Gasteiger partial charge < -0.3 is 14.7 Å². The largest absolute Gasteiger partial charge is 0.480 e. The van der Waals surface area contributed by atoms with E-state index < -0.39 is 12.0 Å². The van der Waals surface area contributed by atoms with Crippen LogP contribution in [0.1, 0.15) is 12.0 Å². The van der Waals surface area contributed by atoms with Gasteiger partial charge >= 0.3 is 5.97 Å². The highest BCUT2D eigenvalue weighted by Gasteiger charge is 2.39. The molecule has 21 heavy (non-hydrogen) atoms. The second-order valence-corrected chi connectivity index (χ2v) is 6.14. The lowest BCUT2D eigenvalue weighted by atomic mass is 10.2. The smallest absolute Gasteiger partial charge is 0.326 e. The molecule has 0 aromatic heterocycles. The molecule has 5 nitrogen and oxygen atoms in total. The lowest BCUT2D eigenvalue weighted by Gasteiger charge is -2.21. The van der Waals surface area contributed by atoms with Gasteiger partial charge in [0.25, 0.3) is 0 Å². The molecular formula is C15H19NO4S. The maximum Gasteiger partial charge on any atom is 0.326 e. The normalized spacial score (nSPS) is 21.5. The molecule has 2 atom stereocenters. The molecule has 1 aliphatic heterocycles. The van der Waals surface area contributed by atoms with E-state index in [0.29, 0.717) is 13.0 Å². The fourth-order valence-corrected chi connectivity index (χ4v) is 3.12. The predicted octanol–water partition coefficient (Wildman–Crippen LogP) is 1.79. The van der Waals surface area contributed by atoms with E-state index in [1.165, 1.54) is 22.2 Å². The van der Waals surface area contributed by atoms with Crippen molar-refractivity contribution in [1.29, 1.82) is 0 Å². The number of nitrogens with zero attached hydrogens (tertiary/aromatic N) is 1. The SMILES string of the molecule is COC1CC(C(=O)O)N(C(=O)CSc2ccc(C)cc2)C1. The number of likely N-dealkylation sites (tertiary alicyclic amines) is 1. The Morgan fingerprint density at radius 2 is 2.05 bits per heavy atom. The van der Waals surface area contributed by atoms with Crippen LogP contribution in [0.2, 0.25) is 0 Å². The average molecular weight is 309 g/mol. The van der Waals surface area contributed by atoms with Gasteiger partial charge in [-0.1, -0.05) is 17.7 Å². The molecule has 1 aliphatic rings. The summed E-state index contributed by atoms with van der Waals surface area (Å²) in [5, 5.41) is 9.21. The minimum Gasteiger partial charge on any atom is -0.480 e. The van der Waals surface area contributed by atoms with Crippen LogP contribution in [0.3, 0.4) is 0 Å². The lowest BCUT2D eigenvalue weighted by molar-refractivity contribution is -0.147. The molecule has 1 aromatic rings. The molecule has 1 amide bonds. The summed E-state index contributed by atoms with van der Waals surface area (Å²) in [6.07, 6.45) is 0.159. The van der Waals surface area contributed by atoms with Gasteiger partial charge in [-0.25, -0.2) is 4.79 Å². The molecule has 0 spiro atoms. The monoisotopic (exact) mass is 309 g/mol. The fourth-order valence-electron chi connectivity index (χ4n) is 2.34. The Labute approximate surface area is 128 Å². The second kappa shape index (κ2) is 6.95. The number of amides is 1. The Kier molecular flexibility index (Phi) is 5.25. The average Bonchev–Trinajstić information content (AvgIpc) is 2.91. The first-order valence-electron chi connectivity index (χ1n) is 6.75. The molecule has 1 fully saturated rings. The van der Waals surface area contributed by atoms with Gasteiger partial charge in [0.2, 0.25) is 5.91 Å². The van der Waals surface area contributed by atoms with E-state index in [1.807, 2.05) is 31.2 Å². The zero-order valence-electron chi connectivity index (χ0n) is 12.1. The van der Waals surface area contributed by atoms with Crippen molar-refractivity contribution in [1.82, 2.24) is 4.90 Å². The van der Waals surface area contributed by atoms with Crippen molar-refractivity contribution in [2.24, 2.45) is 0 Å². The Bertz CT molecular complexity index is 517. The third-order valence-electron chi connectivity index (χ3n) is 3.58. The summed E-state index contributed by atoms with van der Waals surface area (Å²) >= 11 is 1.42. The molecule has 114 valence electrons. The first-order chi connectivity index (χ1) is 10.0. The summed E-state index contributed by atoms with van der Waals surface area (Å²) in [5.74, 6) is -0.890. The van der Waals surface area contributed by atoms with Crippen LogP contribution in [-0.4, -0.2) is 53.4 Å². The zero-order valence-corrected chi connectivity index (χ0v) is 12.9. The summed E-state index contributed by atoms with van der Waals surface area (Å²) in [7, 11) is 1.54. The molecule has 0 saturated carbocycles. The van der Waals surface area contributed by atoms with Gasteiger partial charge in [0.1, 0.15) is 6.04 Å². The van der Waals surface area contributed by atoms with Crippen molar-refractivity contribution in [2.45, 2.75) is 30.4 Å². The molecule has 6 heteroatoms. The van der Waals surface area contributed by atoms with Gasteiger partial charge in [-0.2, -0.15) is 0 Å². The van der Waals surface area contributed by atoms with Gasteiger partial charge in [-0.3, -0.25) is 4.79 Å². The van der Waals surface area contributed by atoms with E-state index in [4.69, 9.17) is 4.74 Å². The standard InChI is InChI=1S/C15H19NO4S/c1-10-3-5-12(6-4-10)21-9-14(17)16-8-11(20-2)7-13(16)15(18)19/h3-6,11,13H,7-9H2,1-2H3,(H,18,19). The van der Waals surface area contributed by atoms with Gasteiger partial charge in [-0.05, 0) is 19.1 Å². The van der Waals surface area contributed by atoms with Crippen LogP contribution >= 0.6 is 11.8 Å². The number of methoxy groups -OCH3 is 1. The number of ether oxygens (including phenoxy) is 1. The zero-order chi connectivity index (χ0) is 15.4. The van der Waals surface area contributed by atoms with Crippen LogP contribution in [0.25, 0.3) is 0 Å². The van der Waals surface area contributed by atoms with E-state index in [9.17, 15) is 14.7 Å². The summed E-state index contributed by atoms with van der Waals surface area (Å²) in [6, 6.07) is 7.13. The number of hydrogen-bond donors (Lipinski definition) is 1. The van der Waals surface area contributed by atoms with Crippen molar-refractivity contribution < 1.29 is 19.4 Å². The van der Waals surface area contributed by atoms with Crippen molar-refractivity contribution in [3.05, 3.63) is 29.8 Å². The first kappa shape index (κ1) is 15.9. The van der Waals surface area contributed by atoms with Crippen LogP contribution in [0.15, 0.2) is 29.2 Å². The highest BCUT2D eigenvalue weighted by molar-refractivity contribution is 8.00. The Hall–Kier alpha value is -1.53. The molecule has 0 bridgehead atoms. The Morgan fingerprint density at radius 3 is 2.62 bits per heavy atom. The van der Waals surface area contributed by atoms with Crippen LogP contribution < -0.4 is 0 Å². The topological polar surface area (TPSA) is 66.8 Å². The lowest BCUT2D eigenvalue weighted by Crippen LogP contribution is -2.41. The number of aryl methyl sites for hydroxylation is 1. The summed E-state index contributed by atoms with van der Waals surface area (Å²) in [6.45, 7) is 2.35. The molecule has 0 radical (unpaired) electrons. The summed E-state index contributed by atoms with van der Waals surface area (Å²) in [5.41, 5.74) is 1.17. The minimum atomic E-state index is -0.969. The number of hydrogen-bond acceptors (Lipinski definition) is 4. The van der Waals surface area contributed by atoms with Gasteiger partial charge in [-0.15, -0.1) is 11.8 Å². The number of benzene rings is 1. The van der Waals surface area contributed by atoms with Crippen LogP contribution in [0, 0.1) is 6.92 Å². The number of rotatable bonds is 5. The molecule has 1 saturated heterocycles. The molecule has 1 heterocycles. The van der Waals surface area contributed by atoms with E-state index in [1.54, 1.807) is 7.11 Å². The first-order valence-corrected chi connectivity index (χ1v) is 7.74. The van der Waals surface area contributed by atoms with Crippen molar-refractivity contribution >= 4 is 23.6 Å². The summed E-state index contributed by atoms with van der Waals surface area (Å²) in [4.78, 5) is 25.9. The van der Waals surface area contributed by atoms with Crippen LogP contribution in [-0.2, 0) is 14.3 Å². The number of aliphatic carboxylic acids is 1. The van der Waals surface area contributed by atoms with Crippen LogP contribution in [0.4, 0.5) is 0 Å². The highest BCUT2D eigenvalue weighted by atomic mass is 32.2. The number of carboxylic acids is 1. The molecule has 2 unspecified atom stereocenters. The van der Waals surface area contributed by atoms with Crippen LogP contribution in [0.5, 0.6) is 0 Å². The quantitative estimate of drug-likeness (QED) is 0.840.